The maximum absolute atomic E-state index is 11.9. The highest BCUT2D eigenvalue weighted by atomic mass is 16.8. The van der Waals surface area contributed by atoms with Gasteiger partial charge in [-0.15, -0.1) is 0 Å². The lowest BCUT2D eigenvalue weighted by Gasteiger charge is -2.59. The molecule has 13 N–H and O–H groups in total. The van der Waals surface area contributed by atoms with Gasteiger partial charge in [0, 0.05) is 12.3 Å². The summed E-state index contributed by atoms with van der Waals surface area (Å²) in [5, 5.41) is 141. The van der Waals surface area contributed by atoms with Crippen LogP contribution in [0.2, 0.25) is 0 Å². The summed E-state index contributed by atoms with van der Waals surface area (Å²) >= 11 is 0. The zero-order valence-corrected chi connectivity index (χ0v) is 41.8. The van der Waals surface area contributed by atoms with E-state index in [0.29, 0.717) is 48.3 Å². The van der Waals surface area contributed by atoms with Crippen molar-refractivity contribution in [2.45, 2.75) is 220 Å². The molecule has 0 aromatic rings. The number of aliphatic hydroxyl groups excluding tert-OH is 13. The molecule has 23 heteroatoms. The predicted octanol–water partition coefficient (Wildman–Crippen LogP) is -3.38. The van der Waals surface area contributed by atoms with Gasteiger partial charge in [-0.1, -0.05) is 39.3 Å². The van der Waals surface area contributed by atoms with Crippen molar-refractivity contribution < 1.29 is 114 Å². The lowest BCUT2D eigenvalue weighted by atomic mass is 9.46. The van der Waals surface area contributed by atoms with E-state index < -0.39 is 161 Å². The van der Waals surface area contributed by atoms with Gasteiger partial charge in [0.1, 0.15) is 91.6 Å². The Hall–Kier alpha value is -1.18. The molecule has 23 nitrogen and oxygen atoms in total. The molecule has 0 amide bonds. The molecule has 418 valence electrons. The van der Waals surface area contributed by atoms with Gasteiger partial charge in [0.15, 0.2) is 30.9 Å². The van der Waals surface area contributed by atoms with Gasteiger partial charge in [-0.3, -0.25) is 0 Å². The molecule has 6 aliphatic heterocycles. The van der Waals surface area contributed by atoms with Crippen LogP contribution in [-0.4, -0.2) is 240 Å². The van der Waals surface area contributed by atoms with Gasteiger partial charge >= 0.3 is 0 Å². The summed E-state index contributed by atoms with van der Waals surface area (Å²) in [6, 6.07) is 0. The van der Waals surface area contributed by atoms with E-state index in [0.717, 1.165) is 50.7 Å². The molecule has 0 aromatic carbocycles. The minimum absolute atomic E-state index is 0.101. The van der Waals surface area contributed by atoms with Gasteiger partial charge in [0.2, 0.25) is 0 Å². The summed E-state index contributed by atoms with van der Waals surface area (Å²) in [5.74, 6) is 1.91. The van der Waals surface area contributed by atoms with Gasteiger partial charge < -0.3 is 114 Å². The molecule has 9 fully saturated rings. The van der Waals surface area contributed by atoms with Crippen LogP contribution in [0.1, 0.15) is 79.1 Å². The van der Waals surface area contributed by atoms with E-state index in [1.807, 2.05) is 0 Å². The zero-order valence-electron chi connectivity index (χ0n) is 41.8. The smallest absolute Gasteiger partial charge is 0.187 e. The maximum atomic E-state index is 11.9. The van der Waals surface area contributed by atoms with Gasteiger partial charge in [-0.2, -0.15) is 0 Å². The molecule has 4 aliphatic carbocycles. The monoisotopic (exact) mass is 1050 g/mol. The minimum atomic E-state index is -2.02. The predicted molar refractivity (Wildman–Crippen MR) is 244 cm³/mol. The largest absolute Gasteiger partial charge is 0.394 e. The van der Waals surface area contributed by atoms with Crippen LogP contribution in [0.4, 0.5) is 0 Å². The number of fused-ring (bicyclic) bond motifs is 7. The fourth-order valence-corrected chi connectivity index (χ4v) is 15.3. The molecule has 1 spiro atoms. The van der Waals surface area contributed by atoms with Crippen molar-refractivity contribution in [3.05, 3.63) is 11.6 Å². The van der Waals surface area contributed by atoms with Crippen LogP contribution in [0.25, 0.3) is 0 Å². The molecule has 6 saturated heterocycles. The summed E-state index contributed by atoms with van der Waals surface area (Å²) in [7, 11) is 0. The standard InChI is InChI=1S/C50H80O23/c1-19-7-10-50(65-17-19)20(2)32-28(73-50)12-24-22-6-5-21-11-27(25(54)13-49(21,4)23(22)8-9-48(24,32)3)66-45-40(63)37(60)41(31(16-53)69-45)70-47-43(72-46-39(62)36(59)34(57)29(14-51)67-46)42(35(58)30(15-52)68-47)71-44-38(61)33(56)26(55)18-64-44/h5,19-20,22-47,51-63H,6-18H2,1-4H3/t19-,20+,22?,23?,24?,25-,26-,27?,28?,29?,30?,31?,32?,33?,34+,35-,36?,37?,38?,39?,40?,41+,42?,43?,44-,45+,46+,47+,48+,49+,50-/m1/s1. The number of allylic oxidation sites excluding steroid dienone is 1. The number of hydrogen-bond acceptors (Lipinski definition) is 23. The lowest BCUT2D eigenvalue weighted by molar-refractivity contribution is -0.404. The van der Waals surface area contributed by atoms with Crippen molar-refractivity contribution in [1.29, 1.82) is 0 Å². The Morgan fingerprint density at radius 3 is 1.93 bits per heavy atom. The molecular weight excluding hydrogens is 969 g/mol. The van der Waals surface area contributed by atoms with Crippen molar-refractivity contribution in [2.24, 2.45) is 46.3 Å². The number of hydrogen-bond donors (Lipinski definition) is 13. The first kappa shape index (κ1) is 55.1. The molecule has 0 radical (unpaired) electrons. The molecule has 17 unspecified atom stereocenters. The highest BCUT2D eigenvalue weighted by molar-refractivity contribution is 5.27. The summed E-state index contributed by atoms with van der Waals surface area (Å²) in [4.78, 5) is 0. The highest BCUT2D eigenvalue weighted by Gasteiger charge is 2.69. The zero-order chi connectivity index (χ0) is 52.2. The van der Waals surface area contributed by atoms with Crippen LogP contribution in [0.15, 0.2) is 11.6 Å². The number of aliphatic hydroxyl groups is 13. The van der Waals surface area contributed by atoms with Crippen LogP contribution in [0, 0.1) is 46.3 Å². The van der Waals surface area contributed by atoms with Crippen LogP contribution in [0.3, 0.4) is 0 Å². The Kier molecular flexibility index (Phi) is 16.0. The van der Waals surface area contributed by atoms with Gasteiger partial charge in [-0.05, 0) is 85.4 Å². The number of ether oxygens (including phenoxy) is 10. The molecule has 0 bridgehead atoms. The third-order valence-corrected chi connectivity index (χ3v) is 19.5. The first-order chi connectivity index (χ1) is 34.7. The van der Waals surface area contributed by atoms with E-state index in [9.17, 15) is 66.4 Å². The van der Waals surface area contributed by atoms with Crippen LogP contribution in [-0.2, 0) is 47.4 Å². The molecular formula is C50H80O23. The Labute approximate surface area is 423 Å². The summed E-state index contributed by atoms with van der Waals surface area (Å²) < 4.78 is 61.0. The Morgan fingerprint density at radius 1 is 0.603 bits per heavy atom. The van der Waals surface area contributed by atoms with E-state index in [1.165, 1.54) is 0 Å². The highest BCUT2D eigenvalue weighted by Crippen LogP contribution is 2.71. The topological polar surface area (TPSA) is 355 Å². The first-order valence-corrected chi connectivity index (χ1v) is 26.5. The minimum Gasteiger partial charge on any atom is -0.394 e. The molecule has 6 heterocycles. The van der Waals surface area contributed by atoms with E-state index >= 15 is 0 Å². The second-order valence-electron chi connectivity index (χ2n) is 23.6. The van der Waals surface area contributed by atoms with Gasteiger partial charge in [0.25, 0.3) is 0 Å². The normalized spacial score (nSPS) is 57.1. The quantitative estimate of drug-likeness (QED) is 0.0898. The van der Waals surface area contributed by atoms with Crippen molar-refractivity contribution in [3.8, 4) is 0 Å². The summed E-state index contributed by atoms with van der Waals surface area (Å²) in [6.07, 6.45) is -26.6. The lowest BCUT2D eigenvalue weighted by Crippen LogP contribution is -2.68. The fourth-order valence-electron chi connectivity index (χ4n) is 15.3. The fraction of sp³-hybridized carbons (Fsp3) is 0.960. The molecule has 73 heavy (non-hydrogen) atoms. The second-order valence-corrected chi connectivity index (χ2v) is 23.6. The van der Waals surface area contributed by atoms with E-state index in [4.69, 9.17) is 47.4 Å². The van der Waals surface area contributed by atoms with Crippen LogP contribution in [0.5, 0.6) is 0 Å². The Balaban J connectivity index is 0.837. The maximum Gasteiger partial charge on any atom is 0.187 e. The Morgan fingerprint density at radius 2 is 1.23 bits per heavy atom. The van der Waals surface area contributed by atoms with Gasteiger partial charge in [-0.25, -0.2) is 0 Å². The van der Waals surface area contributed by atoms with Crippen LogP contribution < -0.4 is 0 Å². The second kappa shape index (κ2) is 21.1. The van der Waals surface area contributed by atoms with Crippen molar-refractivity contribution in [3.63, 3.8) is 0 Å². The Bertz CT molecular complexity index is 1920. The summed E-state index contributed by atoms with van der Waals surface area (Å²) in [6.45, 7) is 6.89. The van der Waals surface area contributed by atoms with E-state index in [-0.39, 0.29) is 16.9 Å². The third kappa shape index (κ3) is 9.41. The average molecular weight is 1050 g/mol. The van der Waals surface area contributed by atoms with Crippen molar-refractivity contribution in [1.82, 2.24) is 0 Å². The summed E-state index contributed by atoms with van der Waals surface area (Å²) in [5.41, 5.74) is 0.927. The van der Waals surface area contributed by atoms with Gasteiger partial charge in [0.05, 0.1) is 51.3 Å². The van der Waals surface area contributed by atoms with Crippen molar-refractivity contribution in [2.75, 3.05) is 33.0 Å². The number of rotatable bonds is 11. The first-order valence-electron chi connectivity index (χ1n) is 26.5. The SMILES string of the molecule is C[C@@H]1CC[C@@]2(OC1)OC1CC3C4CC=C5CC(O[C@H]6OC(CO)[C@H](O[C@@H]7OC(CO)[C@@H](O)C(O[C@H]8OC[C@@H](O)C(O)C8O)C7O[C@@H]7OC(CO)[C@H](O)C(O)C7O)C(O)C6O)[C@H](O)C[C@]5(C)C4CC[C@]3(C)C1[C@@H]2C. The van der Waals surface area contributed by atoms with E-state index in [2.05, 4.69) is 33.8 Å². The van der Waals surface area contributed by atoms with Crippen LogP contribution >= 0.6 is 0 Å². The molecule has 0 aromatic heterocycles. The molecule has 10 rings (SSSR count). The van der Waals surface area contributed by atoms with Crippen molar-refractivity contribution >= 4 is 0 Å². The average Bonchev–Trinajstić information content (AvgIpc) is 3.82. The van der Waals surface area contributed by atoms with E-state index in [1.54, 1.807) is 0 Å². The molecule has 3 saturated carbocycles. The molecule has 31 atom stereocenters. The third-order valence-electron chi connectivity index (χ3n) is 19.5. The molecule has 10 aliphatic rings.